The molecule has 1 unspecified atom stereocenters. The van der Waals surface area contributed by atoms with Crippen LogP contribution >= 0.6 is 10.5 Å². The molecule has 2 nitrogen and oxygen atoms in total. The molecule has 0 aromatic carbocycles. The molecule has 1 fully saturated rings. The zero-order valence-corrected chi connectivity index (χ0v) is 6.86. The number of fused-ring (bicyclic) bond motifs is 1. The first kappa shape index (κ1) is 7.00. The second-order valence-corrected chi connectivity index (χ2v) is 4.39. The van der Waals surface area contributed by atoms with Crippen LogP contribution in [-0.4, -0.2) is 23.6 Å². The number of allylic oxidation sites excluding steroid dienone is 3. The molecular formula is C8H9NOS. The van der Waals surface area contributed by atoms with Crippen LogP contribution in [0.15, 0.2) is 23.1 Å². The third-order valence-electron chi connectivity index (χ3n) is 1.70. The lowest BCUT2D eigenvalue weighted by molar-refractivity contribution is -0.110. The Balaban J connectivity index is 2.40. The van der Waals surface area contributed by atoms with Crippen molar-refractivity contribution in [3.63, 3.8) is 0 Å². The lowest BCUT2D eigenvalue weighted by Gasteiger charge is -2.19. The molecule has 0 spiro atoms. The van der Waals surface area contributed by atoms with Gasteiger partial charge in [-0.15, -0.1) is 0 Å². The molecule has 2 rings (SSSR count). The van der Waals surface area contributed by atoms with E-state index in [0.717, 1.165) is 6.54 Å². The van der Waals surface area contributed by atoms with Crippen molar-refractivity contribution in [3.05, 3.63) is 23.1 Å². The van der Waals surface area contributed by atoms with E-state index in [2.05, 4.69) is 5.32 Å². The Kier molecular flexibility index (Phi) is 1.75. The van der Waals surface area contributed by atoms with E-state index in [1.54, 1.807) is 0 Å². The van der Waals surface area contributed by atoms with E-state index >= 15 is 0 Å². The molecule has 0 amide bonds. The lowest BCUT2D eigenvalue weighted by Crippen LogP contribution is -2.30. The molecule has 1 N–H and O–H groups in total. The summed E-state index contributed by atoms with van der Waals surface area (Å²) in [7, 11) is -0.199. The third-order valence-corrected chi connectivity index (χ3v) is 3.61. The third kappa shape index (κ3) is 1.21. The van der Waals surface area contributed by atoms with Gasteiger partial charge in [0.15, 0.2) is 0 Å². The molecular weight excluding hydrogens is 158 g/mol. The van der Waals surface area contributed by atoms with Gasteiger partial charge in [0, 0.05) is 11.4 Å². The summed E-state index contributed by atoms with van der Waals surface area (Å²) < 4.78 is 0. The molecule has 11 heavy (non-hydrogen) atoms. The summed E-state index contributed by atoms with van der Waals surface area (Å²) in [6.07, 6.45) is 5.97. The maximum atomic E-state index is 11.3. The fraction of sp³-hybridized carbons (Fsp3) is 0.250. The quantitative estimate of drug-likeness (QED) is 0.536. The summed E-state index contributed by atoms with van der Waals surface area (Å²) in [5.74, 6) is 0. The zero-order valence-electron chi connectivity index (χ0n) is 6.04. The molecule has 3 heteroatoms. The van der Waals surface area contributed by atoms with E-state index in [-0.39, 0.29) is 10.5 Å². The molecule has 0 saturated carbocycles. The second kappa shape index (κ2) is 2.75. The monoisotopic (exact) mass is 167 g/mol. The highest BCUT2D eigenvalue weighted by molar-refractivity contribution is 8.31. The predicted molar refractivity (Wildman–Crippen MR) is 48.8 cm³/mol. The van der Waals surface area contributed by atoms with Gasteiger partial charge >= 0.3 is 0 Å². The van der Waals surface area contributed by atoms with Crippen LogP contribution in [0.2, 0.25) is 0 Å². The van der Waals surface area contributed by atoms with Gasteiger partial charge in [0.25, 0.3) is 0 Å². The highest BCUT2D eigenvalue weighted by atomic mass is 32.2. The minimum Gasteiger partial charge on any atom is -0.305 e. The Morgan fingerprint density at radius 2 is 2.27 bits per heavy atom. The highest BCUT2D eigenvalue weighted by Gasteiger charge is 2.17. The van der Waals surface area contributed by atoms with Crippen LogP contribution in [0.1, 0.15) is 0 Å². The molecule has 0 bridgehead atoms. The Morgan fingerprint density at radius 3 is 3.09 bits per heavy atom. The summed E-state index contributed by atoms with van der Waals surface area (Å²) >= 11 is 0. The topological polar surface area (TPSA) is 29.1 Å². The van der Waals surface area contributed by atoms with Gasteiger partial charge in [-0.1, -0.05) is 28.7 Å². The van der Waals surface area contributed by atoms with Crippen molar-refractivity contribution < 1.29 is 4.79 Å². The average molecular weight is 167 g/mol. The maximum absolute atomic E-state index is 11.3. The van der Waals surface area contributed by atoms with E-state index in [0.29, 0.717) is 11.7 Å². The van der Waals surface area contributed by atoms with Crippen molar-refractivity contribution in [3.8, 4) is 0 Å². The van der Waals surface area contributed by atoms with Crippen LogP contribution < -0.4 is 5.32 Å². The average Bonchev–Trinajstić information content (AvgIpc) is 2.06. The molecule has 0 radical (unpaired) electrons. The summed E-state index contributed by atoms with van der Waals surface area (Å²) in [5.41, 5.74) is 0. The molecule has 1 atom stereocenters. The fourth-order valence-electron chi connectivity index (χ4n) is 1.17. The molecule has 58 valence electrons. The van der Waals surface area contributed by atoms with E-state index in [9.17, 15) is 4.79 Å². The predicted octanol–water partition coefficient (Wildman–Crippen LogP) is 0.641. The normalized spacial score (nSPS) is 28.9. The SMILES string of the molecule is O=C1CNCC2=CC=CC=S12. The maximum Gasteiger partial charge on any atom is 0.201 e. The van der Waals surface area contributed by atoms with Crippen molar-refractivity contribution in [2.45, 2.75) is 0 Å². The second-order valence-electron chi connectivity index (χ2n) is 2.47. The van der Waals surface area contributed by atoms with Gasteiger partial charge in [-0.3, -0.25) is 4.79 Å². The molecule has 0 aliphatic carbocycles. The van der Waals surface area contributed by atoms with Crippen LogP contribution in [0.3, 0.4) is 0 Å². The van der Waals surface area contributed by atoms with Gasteiger partial charge in [0.2, 0.25) is 5.12 Å². The Bertz CT molecular complexity index is 288. The number of hydrogen-bond acceptors (Lipinski definition) is 2. The van der Waals surface area contributed by atoms with E-state index < -0.39 is 0 Å². The summed E-state index contributed by atoms with van der Waals surface area (Å²) in [6, 6.07) is 0. The van der Waals surface area contributed by atoms with Crippen molar-refractivity contribution in [2.75, 3.05) is 13.1 Å². The van der Waals surface area contributed by atoms with Gasteiger partial charge in [0.1, 0.15) is 0 Å². The fourth-order valence-corrected chi connectivity index (χ4v) is 2.78. The largest absolute Gasteiger partial charge is 0.305 e. The van der Waals surface area contributed by atoms with Crippen molar-refractivity contribution >= 4 is 21.0 Å². The molecule has 2 aliphatic heterocycles. The minimum absolute atomic E-state index is 0.199. The Labute approximate surface area is 67.9 Å². The first-order chi connectivity index (χ1) is 5.38. The Hall–Kier alpha value is -0.670. The van der Waals surface area contributed by atoms with Gasteiger partial charge in [0.05, 0.1) is 6.54 Å². The minimum atomic E-state index is -0.199. The van der Waals surface area contributed by atoms with Crippen molar-refractivity contribution in [1.29, 1.82) is 0 Å². The number of rotatable bonds is 0. The standard InChI is InChI=1S/C8H9NOS/c10-8-6-9-5-7-3-1-2-4-11(7)8/h1-4,9H,5-6H2. The van der Waals surface area contributed by atoms with Gasteiger partial charge in [-0.2, -0.15) is 0 Å². The number of nitrogens with one attached hydrogen (secondary N) is 1. The summed E-state index contributed by atoms with van der Waals surface area (Å²) in [4.78, 5) is 12.5. The first-order valence-electron chi connectivity index (χ1n) is 3.55. The first-order valence-corrected chi connectivity index (χ1v) is 4.84. The molecule has 0 aromatic rings. The van der Waals surface area contributed by atoms with E-state index in [1.807, 2.05) is 23.6 Å². The molecule has 1 saturated heterocycles. The van der Waals surface area contributed by atoms with Crippen LogP contribution in [0.5, 0.6) is 0 Å². The molecule has 2 heterocycles. The summed E-state index contributed by atoms with van der Waals surface area (Å²) in [6.45, 7) is 1.40. The van der Waals surface area contributed by atoms with Gasteiger partial charge in [-0.25, -0.2) is 0 Å². The van der Waals surface area contributed by atoms with E-state index in [4.69, 9.17) is 0 Å². The number of hydrogen-bond donors (Lipinski definition) is 1. The van der Waals surface area contributed by atoms with Gasteiger partial charge < -0.3 is 5.32 Å². The van der Waals surface area contributed by atoms with Crippen molar-refractivity contribution in [2.24, 2.45) is 0 Å². The van der Waals surface area contributed by atoms with Crippen molar-refractivity contribution in [1.82, 2.24) is 5.32 Å². The Morgan fingerprint density at radius 1 is 1.36 bits per heavy atom. The van der Waals surface area contributed by atoms with Crippen LogP contribution in [0, 0.1) is 0 Å². The zero-order chi connectivity index (χ0) is 7.68. The number of carbonyl (C=O) groups is 1. The van der Waals surface area contributed by atoms with Crippen LogP contribution in [0.25, 0.3) is 0 Å². The summed E-state index contributed by atoms with van der Waals surface area (Å²) in [5, 5.41) is 5.38. The van der Waals surface area contributed by atoms with Gasteiger partial charge in [-0.05, 0) is 5.37 Å². The molecule has 0 aromatic heterocycles. The van der Waals surface area contributed by atoms with Crippen LogP contribution in [0.4, 0.5) is 0 Å². The lowest BCUT2D eigenvalue weighted by atomic mass is 10.4. The van der Waals surface area contributed by atoms with Crippen LogP contribution in [-0.2, 0) is 4.79 Å². The molecule has 2 aliphatic rings. The smallest absolute Gasteiger partial charge is 0.201 e. The van der Waals surface area contributed by atoms with E-state index in [1.165, 1.54) is 4.91 Å². The highest BCUT2D eigenvalue weighted by Crippen LogP contribution is 2.29. The number of carbonyl (C=O) groups excluding carboxylic acids is 1.